The first kappa shape index (κ1) is 15.3. The summed E-state index contributed by atoms with van der Waals surface area (Å²) in [4.78, 5) is 10.6. The van der Waals surface area contributed by atoms with E-state index < -0.39 is 0 Å². The van der Waals surface area contributed by atoms with E-state index in [-0.39, 0.29) is 0 Å². The first-order valence-electron chi connectivity index (χ1n) is 8.08. The lowest BCUT2D eigenvalue weighted by molar-refractivity contribution is 0.286. The maximum absolute atomic E-state index is 5.55. The zero-order valence-electron chi connectivity index (χ0n) is 13.0. The third-order valence-corrected chi connectivity index (χ3v) is 5.05. The van der Waals surface area contributed by atoms with Crippen LogP contribution < -0.4 is 5.43 Å². The van der Waals surface area contributed by atoms with E-state index in [0.29, 0.717) is 0 Å². The molecule has 1 aromatic rings. The van der Waals surface area contributed by atoms with Crippen LogP contribution in [0.3, 0.4) is 0 Å². The first-order chi connectivity index (χ1) is 10.7. The van der Waals surface area contributed by atoms with Crippen LogP contribution in [0.5, 0.6) is 0 Å². The van der Waals surface area contributed by atoms with Crippen LogP contribution >= 0.6 is 12.2 Å². The Hall–Kier alpha value is -1.56. The Kier molecular flexibility index (Phi) is 4.97. The number of nitrogens with zero attached hydrogens (tertiary/aromatic N) is 4. The summed E-state index contributed by atoms with van der Waals surface area (Å²) < 4.78 is 0. The van der Waals surface area contributed by atoms with E-state index in [2.05, 4.69) is 25.4 Å². The van der Waals surface area contributed by atoms with Crippen LogP contribution in [0.15, 0.2) is 23.7 Å². The van der Waals surface area contributed by atoms with Crippen LogP contribution in [0.2, 0.25) is 0 Å². The van der Waals surface area contributed by atoms with E-state index >= 15 is 0 Å². The maximum atomic E-state index is 5.55. The Morgan fingerprint density at radius 2 is 1.95 bits per heavy atom. The van der Waals surface area contributed by atoms with Gasteiger partial charge in [-0.05, 0) is 56.7 Å². The molecule has 0 radical (unpaired) electrons. The molecule has 1 aliphatic heterocycles. The minimum absolute atomic E-state index is 0.738. The topological polar surface area (TPSA) is 53.4 Å². The highest BCUT2D eigenvalue weighted by molar-refractivity contribution is 7.80. The fourth-order valence-electron chi connectivity index (χ4n) is 3.43. The van der Waals surface area contributed by atoms with Crippen molar-refractivity contribution in [1.82, 2.24) is 20.3 Å². The molecular weight excluding hydrogens is 294 g/mol. The van der Waals surface area contributed by atoms with Crippen molar-refractivity contribution >= 4 is 23.0 Å². The molecule has 2 bridgehead atoms. The highest BCUT2D eigenvalue weighted by Crippen LogP contribution is 2.32. The summed E-state index contributed by atoms with van der Waals surface area (Å²) in [6.07, 6.45) is 11.8. The molecule has 2 heterocycles. The molecule has 5 nitrogen and oxygen atoms in total. The standard InChI is InChI=1S/C16H23N5S/c1-12(15-9-17-7-8-18-15)19-20-16(22)21-10-13-3-2-4-14(11-21)6-5-13/h7-9,13-14H,2-6,10-11H2,1H3,(H,20,22)/b19-12+/t13-,14+. The second-order valence-electron chi connectivity index (χ2n) is 6.35. The third kappa shape index (κ3) is 3.80. The molecule has 6 heteroatoms. The molecule has 2 aliphatic rings. The minimum Gasteiger partial charge on any atom is -0.347 e. The van der Waals surface area contributed by atoms with Gasteiger partial charge in [0, 0.05) is 25.5 Å². The van der Waals surface area contributed by atoms with Crippen molar-refractivity contribution in [3.63, 3.8) is 0 Å². The van der Waals surface area contributed by atoms with Crippen LogP contribution in [-0.4, -0.2) is 38.8 Å². The normalized spacial score (nSPS) is 25.5. The van der Waals surface area contributed by atoms with Gasteiger partial charge < -0.3 is 4.90 Å². The first-order valence-corrected chi connectivity index (χ1v) is 8.49. The van der Waals surface area contributed by atoms with Crippen molar-refractivity contribution in [3.05, 3.63) is 24.3 Å². The average molecular weight is 317 g/mol. The van der Waals surface area contributed by atoms with Crippen LogP contribution in [0.1, 0.15) is 44.7 Å². The Bertz CT molecular complexity index is 531. The van der Waals surface area contributed by atoms with Crippen molar-refractivity contribution < 1.29 is 0 Å². The van der Waals surface area contributed by atoms with E-state index in [1.807, 2.05) is 6.92 Å². The Morgan fingerprint density at radius 1 is 1.23 bits per heavy atom. The Morgan fingerprint density at radius 3 is 2.59 bits per heavy atom. The smallest absolute Gasteiger partial charge is 0.189 e. The summed E-state index contributed by atoms with van der Waals surface area (Å²) in [7, 11) is 0. The molecule has 0 unspecified atom stereocenters. The van der Waals surface area contributed by atoms with Gasteiger partial charge >= 0.3 is 0 Å². The number of hydrogen-bond donors (Lipinski definition) is 1. The van der Waals surface area contributed by atoms with Gasteiger partial charge in [0.15, 0.2) is 5.11 Å². The van der Waals surface area contributed by atoms with E-state index in [4.69, 9.17) is 12.2 Å². The van der Waals surface area contributed by atoms with Gasteiger partial charge in [-0.3, -0.25) is 15.4 Å². The number of thiocarbonyl (C=S) groups is 1. The number of likely N-dealkylation sites (tertiary alicyclic amines) is 1. The van der Waals surface area contributed by atoms with Crippen molar-refractivity contribution in [2.45, 2.75) is 39.0 Å². The van der Waals surface area contributed by atoms with E-state index in [1.54, 1.807) is 18.6 Å². The lowest BCUT2D eigenvalue weighted by Crippen LogP contribution is -2.42. The number of fused-ring (bicyclic) bond motifs is 3. The van der Waals surface area contributed by atoms with Gasteiger partial charge in [0.25, 0.3) is 0 Å². The summed E-state index contributed by atoms with van der Waals surface area (Å²) in [5.41, 5.74) is 4.61. The number of hydrogen-bond acceptors (Lipinski definition) is 4. The summed E-state index contributed by atoms with van der Waals surface area (Å²) in [6, 6.07) is 0. The molecule has 118 valence electrons. The predicted molar refractivity (Wildman–Crippen MR) is 91.6 cm³/mol. The van der Waals surface area contributed by atoms with Gasteiger partial charge in [-0.2, -0.15) is 5.10 Å². The zero-order chi connectivity index (χ0) is 15.4. The van der Waals surface area contributed by atoms with Gasteiger partial charge in [0.2, 0.25) is 0 Å². The lowest BCUT2D eigenvalue weighted by Gasteiger charge is -2.30. The van der Waals surface area contributed by atoms with Crippen LogP contribution in [0.25, 0.3) is 0 Å². The Labute approximate surface area is 137 Å². The number of rotatable bonds is 2. The highest BCUT2D eigenvalue weighted by Gasteiger charge is 2.28. The maximum Gasteiger partial charge on any atom is 0.189 e. The number of nitrogens with one attached hydrogen (secondary N) is 1. The average Bonchev–Trinajstić information content (AvgIpc) is 2.87. The largest absolute Gasteiger partial charge is 0.347 e. The fraction of sp³-hybridized carbons (Fsp3) is 0.625. The molecule has 1 aromatic heterocycles. The lowest BCUT2D eigenvalue weighted by atomic mass is 10.00. The third-order valence-electron chi connectivity index (χ3n) is 4.71. The molecule has 1 saturated heterocycles. The summed E-state index contributed by atoms with van der Waals surface area (Å²) in [6.45, 7) is 4.06. The van der Waals surface area contributed by atoms with Gasteiger partial charge in [-0.1, -0.05) is 6.42 Å². The quantitative estimate of drug-likeness (QED) is 0.516. The Balaban J connectivity index is 1.62. The molecule has 1 N–H and O–H groups in total. The molecular formula is C16H23N5S. The van der Waals surface area contributed by atoms with Crippen LogP contribution in [0, 0.1) is 11.8 Å². The molecule has 0 spiro atoms. The van der Waals surface area contributed by atoms with Crippen molar-refractivity contribution in [2.24, 2.45) is 16.9 Å². The molecule has 2 fully saturated rings. The molecule has 1 saturated carbocycles. The summed E-state index contributed by atoms with van der Waals surface area (Å²) in [5.74, 6) is 1.58. The summed E-state index contributed by atoms with van der Waals surface area (Å²) in [5, 5.41) is 5.11. The molecule has 0 aromatic carbocycles. The summed E-state index contributed by atoms with van der Waals surface area (Å²) >= 11 is 5.55. The van der Waals surface area contributed by atoms with Crippen LogP contribution in [0.4, 0.5) is 0 Å². The monoisotopic (exact) mass is 317 g/mol. The fourth-order valence-corrected chi connectivity index (χ4v) is 3.62. The molecule has 0 amide bonds. The zero-order valence-corrected chi connectivity index (χ0v) is 13.9. The van der Waals surface area contributed by atoms with Gasteiger partial charge in [0.1, 0.15) is 5.69 Å². The predicted octanol–water partition coefficient (Wildman–Crippen LogP) is 2.59. The van der Waals surface area contributed by atoms with Gasteiger partial charge in [0.05, 0.1) is 11.9 Å². The van der Waals surface area contributed by atoms with Crippen molar-refractivity contribution in [1.29, 1.82) is 0 Å². The van der Waals surface area contributed by atoms with E-state index in [9.17, 15) is 0 Å². The van der Waals surface area contributed by atoms with Gasteiger partial charge in [-0.15, -0.1) is 0 Å². The highest BCUT2D eigenvalue weighted by atomic mass is 32.1. The van der Waals surface area contributed by atoms with E-state index in [0.717, 1.165) is 41.4 Å². The van der Waals surface area contributed by atoms with Crippen LogP contribution in [-0.2, 0) is 0 Å². The second kappa shape index (κ2) is 7.13. The van der Waals surface area contributed by atoms with Gasteiger partial charge in [-0.25, -0.2) is 0 Å². The SMILES string of the molecule is C/C(=N\NC(=S)N1C[C@@H]2CCC[C@@H](CC2)C1)c1cnccn1. The van der Waals surface area contributed by atoms with Crippen molar-refractivity contribution in [3.8, 4) is 0 Å². The molecule has 22 heavy (non-hydrogen) atoms. The molecule has 1 aliphatic carbocycles. The van der Waals surface area contributed by atoms with Crippen molar-refractivity contribution in [2.75, 3.05) is 13.1 Å². The number of aromatic nitrogens is 2. The molecule has 3 rings (SSSR count). The van der Waals surface area contributed by atoms with E-state index in [1.165, 1.54) is 32.1 Å². The number of hydrazone groups is 1. The minimum atomic E-state index is 0.738. The molecule has 2 atom stereocenters. The second-order valence-corrected chi connectivity index (χ2v) is 6.74.